The molecule has 19 nitrogen and oxygen atoms in total. The molecule has 0 saturated carbocycles. The van der Waals surface area contributed by atoms with Crippen molar-refractivity contribution in [3.8, 4) is 0 Å². The van der Waals surface area contributed by atoms with Gasteiger partial charge in [0.1, 0.15) is 31.5 Å². The molecule has 0 aliphatic carbocycles. The number of rotatable bonds is 12. The van der Waals surface area contributed by atoms with Crippen molar-refractivity contribution in [1.82, 2.24) is 0 Å². The van der Waals surface area contributed by atoms with Gasteiger partial charge < -0.3 is 52.1 Å². The zero-order valence-corrected chi connectivity index (χ0v) is 26.9. The first-order valence-electron chi connectivity index (χ1n) is 14.2. The van der Waals surface area contributed by atoms with Crippen LogP contribution in [0.15, 0.2) is 0 Å². The van der Waals surface area contributed by atoms with E-state index in [9.17, 15) is 38.4 Å². The van der Waals surface area contributed by atoms with Gasteiger partial charge in [0, 0.05) is 55.4 Å². The van der Waals surface area contributed by atoms with Crippen molar-refractivity contribution in [3.05, 3.63) is 0 Å². The summed E-state index contributed by atoms with van der Waals surface area (Å²) in [7, 11) is 0. The first-order valence-corrected chi connectivity index (χ1v) is 14.2. The number of esters is 8. The number of hydrogen-bond donors (Lipinski definition) is 0. The number of carbonyl (C=O) groups excluding carboxylic acids is 8. The molecule has 0 radical (unpaired) electrons. The summed E-state index contributed by atoms with van der Waals surface area (Å²) in [4.78, 5) is 96.3. The monoisotopic (exact) mass is 678 g/mol. The highest BCUT2D eigenvalue weighted by Gasteiger charge is 2.58. The van der Waals surface area contributed by atoms with Crippen molar-refractivity contribution in [2.24, 2.45) is 0 Å². The Labute approximate surface area is 268 Å². The van der Waals surface area contributed by atoms with Crippen LogP contribution in [0.2, 0.25) is 0 Å². The van der Waals surface area contributed by atoms with Crippen LogP contribution in [-0.4, -0.2) is 122 Å². The SMILES string of the molecule is CC(=O)OC[C@H]1O[C@@H](O[C@H]2[C@H](OC(C)=O)[C@@H](OC(C)=O)[C@H](OC(C)=O)O[C@@H]2COC(C)=O)[C@H](OC(C)=O)[C@@H](OC(C)=O)[C@H]1OC(C)=O. The minimum absolute atomic E-state index is 0.590. The normalized spacial score (nSPS) is 30.0. The van der Waals surface area contributed by atoms with Gasteiger partial charge in [-0.05, 0) is 0 Å². The van der Waals surface area contributed by atoms with Crippen LogP contribution < -0.4 is 0 Å². The molecular formula is C28H38O19. The Morgan fingerprint density at radius 1 is 0.383 bits per heavy atom. The molecule has 47 heavy (non-hydrogen) atoms. The van der Waals surface area contributed by atoms with Crippen molar-refractivity contribution in [3.63, 3.8) is 0 Å². The van der Waals surface area contributed by atoms with Crippen LogP contribution in [0.4, 0.5) is 0 Å². The highest BCUT2D eigenvalue weighted by atomic mass is 16.8. The van der Waals surface area contributed by atoms with E-state index in [0.717, 1.165) is 55.4 Å². The third-order valence-corrected chi connectivity index (χ3v) is 6.17. The molecule has 2 saturated heterocycles. The van der Waals surface area contributed by atoms with Gasteiger partial charge in [0.15, 0.2) is 30.7 Å². The molecule has 0 aromatic carbocycles. The van der Waals surface area contributed by atoms with E-state index in [1.54, 1.807) is 0 Å². The van der Waals surface area contributed by atoms with Crippen LogP contribution in [0.5, 0.6) is 0 Å². The molecule has 2 fully saturated rings. The smallest absolute Gasteiger partial charge is 0.305 e. The van der Waals surface area contributed by atoms with E-state index in [2.05, 4.69) is 0 Å². The van der Waals surface area contributed by atoms with Gasteiger partial charge >= 0.3 is 47.8 Å². The second-order valence-corrected chi connectivity index (χ2v) is 10.3. The molecule has 0 amide bonds. The summed E-state index contributed by atoms with van der Waals surface area (Å²) in [6, 6.07) is 0. The second kappa shape index (κ2) is 17.5. The molecule has 0 unspecified atom stereocenters. The van der Waals surface area contributed by atoms with E-state index in [-0.39, 0.29) is 0 Å². The number of hydrogen-bond acceptors (Lipinski definition) is 19. The average molecular weight is 679 g/mol. The fourth-order valence-corrected chi connectivity index (χ4v) is 4.73. The van der Waals surface area contributed by atoms with Gasteiger partial charge in [-0.15, -0.1) is 0 Å². The van der Waals surface area contributed by atoms with Gasteiger partial charge in [0.2, 0.25) is 12.4 Å². The number of ether oxygens (including phenoxy) is 11. The van der Waals surface area contributed by atoms with E-state index in [1.807, 2.05) is 0 Å². The Bertz CT molecular complexity index is 1200. The molecule has 2 aliphatic rings. The minimum Gasteiger partial charge on any atom is -0.463 e. The molecule has 2 heterocycles. The zero-order chi connectivity index (χ0) is 35.6. The van der Waals surface area contributed by atoms with E-state index in [0.29, 0.717) is 0 Å². The highest BCUT2D eigenvalue weighted by Crippen LogP contribution is 2.35. The molecule has 0 N–H and O–H groups in total. The van der Waals surface area contributed by atoms with E-state index in [4.69, 9.17) is 52.1 Å². The molecule has 0 aromatic heterocycles. The maximum absolute atomic E-state index is 12.3. The topological polar surface area (TPSA) is 238 Å². The van der Waals surface area contributed by atoms with Gasteiger partial charge in [-0.2, -0.15) is 0 Å². The Morgan fingerprint density at radius 3 is 1.11 bits per heavy atom. The summed E-state index contributed by atoms with van der Waals surface area (Å²) < 4.78 is 60.2. The van der Waals surface area contributed by atoms with Gasteiger partial charge in [0.25, 0.3) is 0 Å². The molecule has 0 bridgehead atoms. The minimum atomic E-state index is -1.83. The third-order valence-electron chi connectivity index (χ3n) is 6.17. The summed E-state index contributed by atoms with van der Waals surface area (Å²) in [5.41, 5.74) is 0. The van der Waals surface area contributed by atoms with E-state index < -0.39 is 122 Å². The summed E-state index contributed by atoms with van der Waals surface area (Å²) >= 11 is 0. The predicted octanol–water partition coefficient (Wildman–Crippen LogP) is -0.831. The second-order valence-electron chi connectivity index (χ2n) is 10.3. The van der Waals surface area contributed by atoms with Gasteiger partial charge in [-0.3, -0.25) is 38.4 Å². The molecule has 0 aromatic rings. The molecule has 0 spiro atoms. The van der Waals surface area contributed by atoms with Crippen molar-refractivity contribution < 1.29 is 90.5 Å². The Balaban J connectivity index is 2.73. The summed E-state index contributed by atoms with van der Waals surface area (Å²) in [6.45, 7) is 7.05. The Hall–Kier alpha value is -4.36. The largest absolute Gasteiger partial charge is 0.463 e. The third kappa shape index (κ3) is 12.1. The predicted molar refractivity (Wildman–Crippen MR) is 145 cm³/mol. The maximum Gasteiger partial charge on any atom is 0.305 e. The fraction of sp³-hybridized carbons (Fsp3) is 0.714. The zero-order valence-electron chi connectivity index (χ0n) is 26.9. The lowest BCUT2D eigenvalue weighted by Gasteiger charge is -2.48. The molecule has 2 aliphatic heterocycles. The lowest BCUT2D eigenvalue weighted by molar-refractivity contribution is -0.357. The quantitative estimate of drug-likeness (QED) is 0.181. The van der Waals surface area contributed by atoms with Crippen molar-refractivity contribution in [1.29, 1.82) is 0 Å². The van der Waals surface area contributed by atoms with E-state index in [1.165, 1.54) is 0 Å². The van der Waals surface area contributed by atoms with Gasteiger partial charge in [0.05, 0.1) is 0 Å². The van der Waals surface area contributed by atoms with Crippen LogP contribution in [0.1, 0.15) is 55.4 Å². The lowest BCUT2D eigenvalue weighted by Crippen LogP contribution is -2.67. The molecule has 2 rings (SSSR count). The Morgan fingerprint density at radius 2 is 0.702 bits per heavy atom. The molecule has 10 atom stereocenters. The lowest BCUT2D eigenvalue weighted by atomic mass is 9.96. The first kappa shape index (κ1) is 38.8. The van der Waals surface area contributed by atoms with Crippen LogP contribution >= 0.6 is 0 Å². The standard InChI is InChI=1S/C28H38O19/c1-11(29)37-9-19-21(39-13(3)31)23(40-14(4)32)26(43-17(7)35)28(46-19)47-22-20(10-38-12(2)30)45-27(44-18(8)36)25(42-16(6)34)24(22)41-15(5)33/h19-28H,9-10H2,1-8H3/t19-,20-,21+,22-,23+,24+,25-,26-,27-,28+/m1/s1. The van der Waals surface area contributed by atoms with Crippen LogP contribution in [0.3, 0.4) is 0 Å². The summed E-state index contributed by atoms with van der Waals surface area (Å²) in [5, 5.41) is 0. The van der Waals surface area contributed by atoms with Gasteiger partial charge in [-0.25, -0.2) is 0 Å². The van der Waals surface area contributed by atoms with E-state index >= 15 is 0 Å². The van der Waals surface area contributed by atoms with Crippen molar-refractivity contribution in [2.75, 3.05) is 13.2 Å². The summed E-state index contributed by atoms with van der Waals surface area (Å²) in [5.74, 6) is -7.02. The fourth-order valence-electron chi connectivity index (χ4n) is 4.73. The van der Waals surface area contributed by atoms with Crippen LogP contribution in [0.25, 0.3) is 0 Å². The van der Waals surface area contributed by atoms with Crippen LogP contribution in [0, 0.1) is 0 Å². The first-order chi connectivity index (χ1) is 21.9. The summed E-state index contributed by atoms with van der Waals surface area (Å²) in [6.07, 6.45) is -16.3. The van der Waals surface area contributed by atoms with Crippen LogP contribution in [-0.2, 0) is 90.5 Å². The maximum atomic E-state index is 12.3. The van der Waals surface area contributed by atoms with Crippen molar-refractivity contribution in [2.45, 2.75) is 117 Å². The van der Waals surface area contributed by atoms with Gasteiger partial charge in [-0.1, -0.05) is 0 Å². The highest BCUT2D eigenvalue weighted by molar-refractivity contribution is 5.70. The molecule has 264 valence electrons. The Kier molecular flexibility index (Phi) is 14.5. The average Bonchev–Trinajstić information content (AvgIpc) is 2.91. The molecular weight excluding hydrogens is 640 g/mol. The molecule has 19 heteroatoms. The van der Waals surface area contributed by atoms with Crippen molar-refractivity contribution >= 4 is 47.8 Å². The number of carbonyl (C=O) groups is 8.